The Morgan fingerprint density at radius 1 is 1.31 bits per heavy atom. The number of imidazole rings is 1. The molecule has 1 aromatic heterocycles. The van der Waals surface area contributed by atoms with Crippen molar-refractivity contribution in [2.24, 2.45) is 5.92 Å². The highest BCUT2D eigenvalue weighted by atomic mass is 32.2. The number of piperidine rings is 1. The average Bonchev–Trinajstić information content (AvgIpc) is 3.26. The van der Waals surface area contributed by atoms with Crippen LogP contribution >= 0.6 is 0 Å². The maximum Gasteiger partial charge on any atom is 0.260 e. The number of carbonyl (C=O) groups excluding carboxylic acids is 1. The molecule has 0 spiro atoms. The number of ether oxygens (including phenoxy) is 2. The molecule has 1 saturated heterocycles. The average molecular weight is 423 g/mol. The van der Waals surface area contributed by atoms with E-state index in [4.69, 9.17) is 9.47 Å². The Kier molecular flexibility index (Phi) is 6.75. The summed E-state index contributed by atoms with van der Waals surface area (Å²) in [6, 6.07) is 5.25. The zero-order valence-electron chi connectivity index (χ0n) is 16.6. The summed E-state index contributed by atoms with van der Waals surface area (Å²) < 4.78 is 37.9. The van der Waals surface area contributed by atoms with Gasteiger partial charge in [-0.25, -0.2) is 13.4 Å². The number of aromatic amines is 1. The molecule has 1 unspecified atom stereocenters. The lowest BCUT2D eigenvalue weighted by atomic mass is 9.98. The molecule has 0 radical (unpaired) electrons. The van der Waals surface area contributed by atoms with Gasteiger partial charge < -0.3 is 19.8 Å². The van der Waals surface area contributed by atoms with E-state index in [1.54, 1.807) is 18.2 Å². The Labute approximate surface area is 170 Å². The molecule has 1 fully saturated rings. The number of H-pyrrole nitrogens is 1. The number of sulfonamides is 1. The van der Waals surface area contributed by atoms with E-state index in [1.807, 2.05) is 13.8 Å². The minimum absolute atomic E-state index is 0.0293. The molecule has 10 heteroatoms. The SMILES string of the molecule is CCOc1ccc(OCC)c(NC(=O)C2CCCN(S(=O)(=O)c3cnc[nH]3)C2)c1. The first-order valence-corrected chi connectivity index (χ1v) is 11.1. The molecule has 0 saturated carbocycles. The van der Waals surface area contributed by atoms with Crippen LogP contribution < -0.4 is 14.8 Å². The minimum atomic E-state index is -3.70. The Balaban J connectivity index is 1.74. The van der Waals surface area contributed by atoms with Gasteiger partial charge in [0.25, 0.3) is 10.0 Å². The number of rotatable bonds is 8. The highest BCUT2D eigenvalue weighted by Gasteiger charge is 2.34. The van der Waals surface area contributed by atoms with Gasteiger partial charge in [-0.05, 0) is 38.8 Å². The summed E-state index contributed by atoms with van der Waals surface area (Å²) in [4.78, 5) is 19.3. The van der Waals surface area contributed by atoms with E-state index in [1.165, 1.54) is 16.8 Å². The van der Waals surface area contributed by atoms with Crippen molar-refractivity contribution in [3.63, 3.8) is 0 Å². The first kappa shape index (κ1) is 21.1. The smallest absolute Gasteiger partial charge is 0.260 e. The van der Waals surface area contributed by atoms with Crippen LogP contribution in [0.25, 0.3) is 0 Å². The fraction of sp³-hybridized carbons (Fsp3) is 0.474. The summed E-state index contributed by atoms with van der Waals surface area (Å²) in [5.41, 5.74) is 0.511. The quantitative estimate of drug-likeness (QED) is 0.674. The number of carbonyl (C=O) groups is 1. The lowest BCUT2D eigenvalue weighted by Gasteiger charge is -2.30. The predicted octanol–water partition coefficient (Wildman–Crippen LogP) is 2.25. The van der Waals surface area contributed by atoms with Crippen molar-refractivity contribution in [1.29, 1.82) is 0 Å². The third-order valence-corrected chi connectivity index (χ3v) is 6.46. The second-order valence-corrected chi connectivity index (χ2v) is 8.54. The van der Waals surface area contributed by atoms with E-state index in [0.717, 1.165) is 0 Å². The van der Waals surface area contributed by atoms with Gasteiger partial charge >= 0.3 is 0 Å². The molecule has 1 aliphatic rings. The zero-order chi connectivity index (χ0) is 20.9. The lowest BCUT2D eigenvalue weighted by molar-refractivity contribution is -0.120. The van der Waals surface area contributed by atoms with Gasteiger partial charge in [-0.3, -0.25) is 4.79 Å². The van der Waals surface area contributed by atoms with Gasteiger partial charge in [0.15, 0.2) is 5.03 Å². The molecule has 2 N–H and O–H groups in total. The van der Waals surface area contributed by atoms with Crippen molar-refractivity contribution in [2.75, 3.05) is 31.6 Å². The molecule has 3 rings (SSSR count). The summed E-state index contributed by atoms with van der Waals surface area (Å²) in [6.07, 6.45) is 3.80. The van der Waals surface area contributed by atoms with Gasteiger partial charge in [0, 0.05) is 19.2 Å². The number of nitrogens with zero attached hydrogens (tertiary/aromatic N) is 2. The van der Waals surface area contributed by atoms with Crippen LogP contribution in [0.3, 0.4) is 0 Å². The molecule has 2 heterocycles. The number of hydrogen-bond acceptors (Lipinski definition) is 6. The standard InChI is InChI=1S/C19H26N4O5S/c1-3-27-15-7-8-17(28-4-2)16(10-15)22-19(24)14-6-5-9-23(12-14)29(25,26)18-11-20-13-21-18/h7-8,10-11,13-14H,3-6,9,12H2,1-2H3,(H,20,21)(H,22,24). The van der Waals surface area contributed by atoms with E-state index in [9.17, 15) is 13.2 Å². The van der Waals surface area contributed by atoms with Crippen molar-refractivity contribution < 1.29 is 22.7 Å². The van der Waals surface area contributed by atoms with Gasteiger partial charge in [0.1, 0.15) is 11.5 Å². The van der Waals surface area contributed by atoms with Crippen LogP contribution in [0.2, 0.25) is 0 Å². The molecular formula is C19H26N4O5S. The number of hydrogen-bond donors (Lipinski definition) is 2. The Bertz CT molecular complexity index is 930. The highest BCUT2D eigenvalue weighted by Crippen LogP contribution is 2.31. The summed E-state index contributed by atoms with van der Waals surface area (Å²) in [6.45, 7) is 5.19. The van der Waals surface area contributed by atoms with Crippen molar-refractivity contribution in [1.82, 2.24) is 14.3 Å². The van der Waals surface area contributed by atoms with Crippen molar-refractivity contribution in [3.05, 3.63) is 30.7 Å². The van der Waals surface area contributed by atoms with Gasteiger partial charge in [0.2, 0.25) is 5.91 Å². The molecule has 1 aromatic carbocycles. The van der Waals surface area contributed by atoms with Crippen molar-refractivity contribution in [3.8, 4) is 11.5 Å². The molecule has 0 aliphatic carbocycles. The van der Waals surface area contributed by atoms with E-state index in [-0.39, 0.29) is 17.5 Å². The largest absolute Gasteiger partial charge is 0.494 e. The Morgan fingerprint density at radius 3 is 2.79 bits per heavy atom. The molecule has 1 amide bonds. The fourth-order valence-electron chi connectivity index (χ4n) is 3.28. The molecule has 0 bridgehead atoms. The van der Waals surface area contributed by atoms with Gasteiger partial charge in [-0.15, -0.1) is 0 Å². The zero-order valence-corrected chi connectivity index (χ0v) is 17.4. The van der Waals surface area contributed by atoms with Crippen LogP contribution in [0.1, 0.15) is 26.7 Å². The first-order valence-electron chi connectivity index (χ1n) is 9.64. The molecule has 1 atom stereocenters. The fourth-order valence-corrected chi connectivity index (χ4v) is 4.70. The number of anilines is 1. The molecule has 9 nitrogen and oxygen atoms in total. The van der Waals surface area contributed by atoms with E-state index in [2.05, 4.69) is 15.3 Å². The third kappa shape index (κ3) is 4.88. The number of benzene rings is 1. The highest BCUT2D eigenvalue weighted by molar-refractivity contribution is 7.89. The predicted molar refractivity (Wildman–Crippen MR) is 107 cm³/mol. The molecule has 29 heavy (non-hydrogen) atoms. The van der Waals surface area contributed by atoms with Crippen LogP contribution in [0.4, 0.5) is 5.69 Å². The maximum absolute atomic E-state index is 12.9. The lowest BCUT2D eigenvalue weighted by Crippen LogP contribution is -2.43. The summed E-state index contributed by atoms with van der Waals surface area (Å²) in [5, 5.41) is 2.91. The Hall–Kier alpha value is -2.59. The number of nitrogens with one attached hydrogen (secondary N) is 2. The molecule has 1 aliphatic heterocycles. The normalized spacial score (nSPS) is 17.7. The minimum Gasteiger partial charge on any atom is -0.494 e. The van der Waals surface area contributed by atoms with E-state index >= 15 is 0 Å². The second-order valence-electron chi connectivity index (χ2n) is 6.63. The van der Waals surface area contributed by atoms with E-state index < -0.39 is 15.9 Å². The van der Waals surface area contributed by atoms with E-state index in [0.29, 0.717) is 49.8 Å². The second kappa shape index (κ2) is 9.27. The number of aromatic nitrogens is 2. The molecular weight excluding hydrogens is 396 g/mol. The van der Waals surface area contributed by atoms with Gasteiger partial charge in [0.05, 0.1) is 37.3 Å². The van der Waals surface area contributed by atoms with Crippen LogP contribution in [-0.2, 0) is 14.8 Å². The summed E-state index contributed by atoms with van der Waals surface area (Å²) in [5.74, 6) is 0.455. The van der Waals surface area contributed by atoms with Gasteiger partial charge in [-0.2, -0.15) is 4.31 Å². The Morgan fingerprint density at radius 2 is 2.10 bits per heavy atom. The van der Waals surface area contributed by atoms with Crippen LogP contribution in [0.15, 0.2) is 35.7 Å². The number of amides is 1. The molecule has 158 valence electrons. The van der Waals surface area contributed by atoms with Gasteiger partial charge in [-0.1, -0.05) is 0 Å². The topological polar surface area (TPSA) is 114 Å². The summed E-state index contributed by atoms with van der Waals surface area (Å²) in [7, 11) is -3.70. The third-order valence-electron chi connectivity index (χ3n) is 4.67. The van der Waals surface area contributed by atoms with Crippen molar-refractivity contribution >= 4 is 21.6 Å². The molecule has 2 aromatic rings. The maximum atomic E-state index is 12.9. The van der Waals surface area contributed by atoms with Crippen LogP contribution in [-0.4, -0.2) is 54.9 Å². The van der Waals surface area contributed by atoms with Crippen LogP contribution in [0, 0.1) is 5.92 Å². The monoisotopic (exact) mass is 422 g/mol. The van der Waals surface area contributed by atoms with Crippen molar-refractivity contribution in [2.45, 2.75) is 31.7 Å². The van der Waals surface area contributed by atoms with Crippen LogP contribution in [0.5, 0.6) is 11.5 Å². The summed E-state index contributed by atoms with van der Waals surface area (Å²) >= 11 is 0. The first-order chi connectivity index (χ1) is 14.0.